The molecule has 0 radical (unpaired) electrons. The van der Waals surface area contributed by atoms with Crippen LogP contribution in [0.5, 0.6) is 5.75 Å². The fourth-order valence-electron chi connectivity index (χ4n) is 2.66. The molecule has 27 heavy (non-hydrogen) atoms. The minimum atomic E-state index is -3.64. The standard InChI is InChI=1S/C18H18ClNO6S/c19-14-3-5-15(6-4-14)26-17(18(21)22)13-1-7-16(8-2-13)27(23,24)20-9-11-25-12-10-20/h1-8,17H,9-12H2,(H,21,22). The molecule has 0 aromatic heterocycles. The highest BCUT2D eigenvalue weighted by Gasteiger charge is 2.27. The predicted molar refractivity (Wildman–Crippen MR) is 98.5 cm³/mol. The Bertz CT molecular complexity index is 892. The molecule has 0 bridgehead atoms. The van der Waals surface area contributed by atoms with E-state index in [1.165, 1.54) is 28.6 Å². The van der Waals surface area contributed by atoms with E-state index in [2.05, 4.69) is 0 Å². The number of carbonyl (C=O) groups is 1. The first-order valence-electron chi connectivity index (χ1n) is 8.21. The lowest BCUT2D eigenvalue weighted by Gasteiger charge is -2.26. The van der Waals surface area contributed by atoms with E-state index in [1.807, 2.05) is 0 Å². The van der Waals surface area contributed by atoms with Crippen molar-refractivity contribution in [1.82, 2.24) is 4.31 Å². The number of hydrogen-bond acceptors (Lipinski definition) is 5. The zero-order valence-corrected chi connectivity index (χ0v) is 15.8. The number of carboxylic acid groups (broad SMARTS) is 1. The lowest BCUT2D eigenvalue weighted by molar-refractivity contribution is -0.145. The van der Waals surface area contributed by atoms with E-state index in [1.54, 1.807) is 24.3 Å². The van der Waals surface area contributed by atoms with Crippen LogP contribution < -0.4 is 4.74 Å². The second-order valence-corrected chi connectivity index (χ2v) is 8.25. The number of nitrogens with zero attached hydrogens (tertiary/aromatic N) is 1. The molecule has 1 fully saturated rings. The minimum absolute atomic E-state index is 0.101. The monoisotopic (exact) mass is 411 g/mol. The molecule has 0 aliphatic carbocycles. The van der Waals surface area contributed by atoms with E-state index in [-0.39, 0.29) is 4.90 Å². The highest BCUT2D eigenvalue weighted by atomic mass is 35.5. The molecule has 7 nitrogen and oxygen atoms in total. The first kappa shape index (κ1) is 19.6. The molecule has 0 saturated carbocycles. The van der Waals surface area contributed by atoms with Crippen LogP contribution in [0, 0.1) is 0 Å². The second kappa shape index (κ2) is 8.26. The predicted octanol–water partition coefficient (Wildman–Crippen LogP) is 2.57. The number of carboxylic acids is 1. The summed E-state index contributed by atoms with van der Waals surface area (Å²) in [6, 6.07) is 12.0. The maximum Gasteiger partial charge on any atom is 0.349 e. The van der Waals surface area contributed by atoms with Crippen LogP contribution in [-0.4, -0.2) is 50.1 Å². The van der Waals surface area contributed by atoms with Crippen molar-refractivity contribution in [2.45, 2.75) is 11.0 Å². The largest absolute Gasteiger partial charge is 0.478 e. The Morgan fingerprint density at radius 2 is 1.67 bits per heavy atom. The lowest BCUT2D eigenvalue weighted by Crippen LogP contribution is -2.40. The first-order chi connectivity index (χ1) is 12.9. The summed E-state index contributed by atoms with van der Waals surface area (Å²) in [4.78, 5) is 11.7. The van der Waals surface area contributed by atoms with Gasteiger partial charge >= 0.3 is 5.97 Å². The molecule has 2 aromatic carbocycles. The van der Waals surface area contributed by atoms with Crippen LogP contribution in [0.3, 0.4) is 0 Å². The highest BCUT2D eigenvalue weighted by Crippen LogP contribution is 2.26. The fourth-order valence-corrected chi connectivity index (χ4v) is 4.19. The SMILES string of the molecule is O=C(O)C(Oc1ccc(Cl)cc1)c1ccc(S(=O)(=O)N2CCOCC2)cc1. The summed E-state index contributed by atoms with van der Waals surface area (Å²) in [5.41, 5.74) is 0.332. The van der Waals surface area contributed by atoms with Crippen molar-refractivity contribution in [2.24, 2.45) is 0 Å². The Labute approximate surface area is 162 Å². The fraction of sp³-hybridized carbons (Fsp3) is 0.278. The van der Waals surface area contributed by atoms with Gasteiger partial charge in [0.15, 0.2) is 0 Å². The number of morpholine rings is 1. The van der Waals surface area contributed by atoms with Crippen molar-refractivity contribution in [1.29, 1.82) is 0 Å². The minimum Gasteiger partial charge on any atom is -0.478 e. The third kappa shape index (κ3) is 4.59. The van der Waals surface area contributed by atoms with Crippen LogP contribution in [0.2, 0.25) is 5.02 Å². The van der Waals surface area contributed by atoms with E-state index in [4.69, 9.17) is 21.1 Å². The van der Waals surface area contributed by atoms with Crippen LogP contribution in [-0.2, 0) is 19.6 Å². The molecule has 0 amide bonds. The van der Waals surface area contributed by atoms with E-state index in [0.717, 1.165) is 0 Å². The molecular weight excluding hydrogens is 394 g/mol. The molecular formula is C18H18ClNO6S. The molecule has 1 N–H and O–H groups in total. The van der Waals surface area contributed by atoms with Gasteiger partial charge in [0.25, 0.3) is 0 Å². The summed E-state index contributed by atoms with van der Waals surface area (Å²) in [7, 11) is -3.64. The molecule has 1 saturated heterocycles. The summed E-state index contributed by atoms with van der Waals surface area (Å²) >= 11 is 5.81. The molecule has 1 aliphatic heterocycles. The molecule has 1 heterocycles. The van der Waals surface area contributed by atoms with Crippen molar-refractivity contribution in [3.05, 3.63) is 59.1 Å². The normalized spacial score (nSPS) is 16.6. The Hall–Kier alpha value is -2.13. The zero-order valence-electron chi connectivity index (χ0n) is 14.2. The van der Waals surface area contributed by atoms with Gasteiger partial charge in [-0.05, 0) is 36.4 Å². The van der Waals surface area contributed by atoms with Crippen LogP contribution in [0.4, 0.5) is 0 Å². The van der Waals surface area contributed by atoms with Gasteiger partial charge in [-0.1, -0.05) is 23.7 Å². The van der Waals surface area contributed by atoms with Gasteiger partial charge in [0, 0.05) is 23.7 Å². The number of aliphatic carboxylic acids is 1. The van der Waals surface area contributed by atoms with Gasteiger partial charge in [0.05, 0.1) is 18.1 Å². The first-order valence-corrected chi connectivity index (χ1v) is 10.0. The van der Waals surface area contributed by atoms with Gasteiger partial charge in [0.2, 0.25) is 16.1 Å². The topological polar surface area (TPSA) is 93.1 Å². The summed E-state index contributed by atoms with van der Waals surface area (Å²) in [5, 5.41) is 9.99. The summed E-state index contributed by atoms with van der Waals surface area (Å²) in [5.74, 6) is -0.842. The van der Waals surface area contributed by atoms with E-state index >= 15 is 0 Å². The average molecular weight is 412 g/mol. The number of halogens is 1. The van der Waals surface area contributed by atoms with Crippen molar-refractivity contribution in [3.8, 4) is 5.75 Å². The van der Waals surface area contributed by atoms with Gasteiger partial charge in [-0.2, -0.15) is 4.31 Å². The quantitative estimate of drug-likeness (QED) is 0.785. The van der Waals surface area contributed by atoms with Gasteiger partial charge in [-0.3, -0.25) is 0 Å². The summed E-state index contributed by atoms with van der Waals surface area (Å²) in [6.45, 7) is 1.30. The van der Waals surface area contributed by atoms with E-state index in [9.17, 15) is 18.3 Å². The molecule has 1 aliphatic rings. The maximum atomic E-state index is 12.6. The Morgan fingerprint density at radius 3 is 2.22 bits per heavy atom. The number of rotatable bonds is 6. The molecule has 2 aromatic rings. The number of ether oxygens (including phenoxy) is 2. The second-order valence-electron chi connectivity index (χ2n) is 5.88. The third-order valence-electron chi connectivity index (χ3n) is 4.08. The smallest absolute Gasteiger partial charge is 0.349 e. The molecule has 1 atom stereocenters. The lowest BCUT2D eigenvalue weighted by atomic mass is 10.1. The molecule has 3 rings (SSSR count). The molecule has 0 spiro atoms. The average Bonchev–Trinajstić information content (AvgIpc) is 2.68. The number of sulfonamides is 1. The van der Waals surface area contributed by atoms with Crippen molar-refractivity contribution in [3.63, 3.8) is 0 Å². The van der Waals surface area contributed by atoms with Gasteiger partial charge in [0.1, 0.15) is 5.75 Å². The molecule has 9 heteroatoms. The van der Waals surface area contributed by atoms with Crippen LogP contribution in [0.15, 0.2) is 53.4 Å². The van der Waals surface area contributed by atoms with Crippen molar-refractivity contribution >= 4 is 27.6 Å². The Kier molecular flexibility index (Phi) is 6.01. The third-order valence-corrected chi connectivity index (χ3v) is 6.25. The van der Waals surface area contributed by atoms with E-state index < -0.39 is 22.1 Å². The highest BCUT2D eigenvalue weighted by molar-refractivity contribution is 7.89. The maximum absolute atomic E-state index is 12.6. The molecule has 1 unspecified atom stereocenters. The van der Waals surface area contributed by atoms with Crippen LogP contribution >= 0.6 is 11.6 Å². The van der Waals surface area contributed by atoms with Crippen molar-refractivity contribution < 1.29 is 27.8 Å². The summed E-state index contributed by atoms with van der Waals surface area (Å²) in [6.07, 6.45) is -1.27. The molecule has 144 valence electrons. The Morgan fingerprint density at radius 1 is 1.07 bits per heavy atom. The van der Waals surface area contributed by atoms with Crippen molar-refractivity contribution in [2.75, 3.05) is 26.3 Å². The van der Waals surface area contributed by atoms with Crippen LogP contribution in [0.1, 0.15) is 11.7 Å². The van der Waals surface area contributed by atoms with Crippen LogP contribution in [0.25, 0.3) is 0 Å². The van der Waals surface area contributed by atoms with Gasteiger partial charge < -0.3 is 14.6 Å². The van der Waals surface area contributed by atoms with E-state index in [0.29, 0.717) is 42.6 Å². The summed E-state index contributed by atoms with van der Waals surface area (Å²) < 4.78 is 37.3. The number of hydrogen-bond donors (Lipinski definition) is 1. The van der Waals surface area contributed by atoms with Gasteiger partial charge in [-0.15, -0.1) is 0 Å². The van der Waals surface area contributed by atoms with Gasteiger partial charge in [-0.25, -0.2) is 13.2 Å². The Balaban J connectivity index is 1.81. The number of benzene rings is 2. The zero-order chi connectivity index (χ0) is 19.4.